The first-order valence-electron chi connectivity index (χ1n) is 12.0. The van der Waals surface area contributed by atoms with Crippen molar-refractivity contribution in [2.75, 3.05) is 39.5 Å². The highest BCUT2D eigenvalue weighted by Crippen LogP contribution is 2.38. The van der Waals surface area contributed by atoms with Gasteiger partial charge in [0.2, 0.25) is 0 Å². The number of hydrogen-bond acceptors (Lipinski definition) is 8. The van der Waals surface area contributed by atoms with Crippen LogP contribution in [0.3, 0.4) is 0 Å². The number of rotatable bonds is 14. The molecule has 0 aliphatic rings. The average Bonchev–Trinajstić information content (AvgIpc) is 2.93. The molecule has 1 N–H and O–H groups in total. The maximum absolute atomic E-state index is 12.0. The van der Waals surface area contributed by atoms with Crippen LogP contribution in [0.25, 0.3) is 0 Å². The number of benzene rings is 3. The van der Waals surface area contributed by atoms with E-state index < -0.39 is 5.97 Å². The molecule has 8 nitrogen and oxygen atoms in total. The lowest BCUT2D eigenvalue weighted by atomic mass is 10.1. The number of methoxy groups -OCH3 is 2. The third-order valence-electron chi connectivity index (χ3n) is 5.48. The van der Waals surface area contributed by atoms with Crippen LogP contribution in [0, 0.1) is 0 Å². The fourth-order valence-electron chi connectivity index (χ4n) is 3.54. The largest absolute Gasteiger partial charge is 0.490 e. The summed E-state index contributed by atoms with van der Waals surface area (Å²) in [4.78, 5) is 23.3. The zero-order valence-electron chi connectivity index (χ0n) is 21.7. The van der Waals surface area contributed by atoms with Gasteiger partial charge in [-0.05, 0) is 48.4 Å². The van der Waals surface area contributed by atoms with Gasteiger partial charge < -0.3 is 29.0 Å². The van der Waals surface area contributed by atoms with Gasteiger partial charge in [0.25, 0.3) is 0 Å². The molecule has 0 heterocycles. The molecule has 12 heteroatoms. The second-order valence-corrected chi connectivity index (χ2v) is 9.90. The number of anilines is 2. The fraction of sp³-hybridized carbons (Fsp3) is 0.286. The minimum Gasteiger partial charge on any atom is -0.490 e. The number of carbonyl (C=O) groups excluding carboxylic acids is 2. The second kappa shape index (κ2) is 15.8. The molecule has 0 spiro atoms. The maximum atomic E-state index is 12.0. The molecule has 0 aliphatic heterocycles. The van der Waals surface area contributed by atoms with E-state index in [0.717, 1.165) is 5.56 Å². The summed E-state index contributed by atoms with van der Waals surface area (Å²) in [6, 6.07) is 13.6. The van der Waals surface area contributed by atoms with E-state index in [2.05, 4.69) is 10.1 Å². The Hall–Kier alpha value is -2.88. The fourth-order valence-corrected chi connectivity index (χ4v) is 4.78. The summed E-state index contributed by atoms with van der Waals surface area (Å²) in [6.45, 7) is 0.537. The van der Waals surface area contributed by atoms with E-state index in [-0.39, 0.29) is 25.8 Å². The second-order valence-electron chi connectivity index (χ2n) is 8.27. The van der Waals surface area contributed by atoms with Crippen LogP contribution in [0.5, 0.6) is 11.5 Å². The van der Waals surface area contributed by atoms with Gasteiger partial charge in [-0.25, -0.2) is 4.79 Å². The van der Waals surface area contributed by atoms with Crippen molar-refractivity contribution in [3.05, 3.63) is 79.7 Å². The molecular formula is C28H27Cl4NO7. The maximum Gasteiger partial charge on any atom is 0.339 e. The van der Waals surface area contributed by atoms with Gasteiger partial charge in [-0.2, -0.15) is 0 Å². The summed E-state index contributed by atoms with van der Waals surface area (Å²) < 4.78 is 26.3. The summed E-state index contributed by atoms with van der Waals surface area (Å²) in [5, 5.41) is 4.36. The van der Waals surface area contributed by atoms with Crippen molar-refractivity contribution in [3.8, 4) is 11.5 Å². The monoisotopic (exact) mass is 629 g/mol. The van der Waals surface area contributed by atoms with Gasteiger partial charge in [-0.3, -0.25) is 4.79 Å². The summed E-state index contributed by atoms with van der Waals surface area (Å²) in [6.07, 6.45) is 1.19. The van der Waals surface area contributed by atoms with Gasteiger partial charge in [0.1, 0.15) is 0 Å². The van der Waals surface area contributed by atoms with Crippen molar-refractivity contribution in [1.29, 1.82) is 0 Å². The van der Waals surface area contributed by atoms with Crippen molar-refractivity contribution < 1.29 is 33.3 Å². The zero-order valence-corrected chi connectivity index (χ0v) is 24.8. The van der Waals surface area contributed by atoms with Crippen LogP contribution >= 0.6 is 46.4 Å². The van der Waals surface area contributed by atoms with Crippen molar-refractivity contribution in [3.63, 3.8) is 0 Å². The Balaban J connectivity index is 1.44. The molecule has 0 atom stereocenters. The van der Waals surface area contributed by atoms with Crippen molar-refractivity contribution >= 4 is 69.7 Å². The number of nitrogens with one attached hydrogen (secondary N) is 1. The molecule has 0 radical (unpaired) electrons. The van der Waals surface area contributed by atoms with Gasteiger partial charge in [-0.1, -0.05) is 58.5 Å². The average molecular weight is 631 g/mol. The SMILES string of the molecule is COC(=O)CCc1cc(Cl)c(OCOCCCOc2c(Cl)cc(Nc3ccccc3C(=O)OC)cc2Cl)c(Cl)c1. The van der Waals surface area contributed by atoms with Crippen LogP contribution < -0.4 is 14.8 Å². The summed E-state index contributed by atoms with van der Waals surface area (Å²) in [5.74, 6) is -0.160. The first kappa shape index (κ1) is 31.6. The first-order valence-corrected chi connectivity index (χ1v) is 13.6. The highest BCUT2D eigenvalue weighted by molar-refractivity contribution is 6.38. The van der Waals surface area contributed by atoms with E-state index in [1.54, 1.807) is 48.5 Å². The molecule has 0 fully saturated rings. The predicted octanol–water partition coefficient (Wildman–Crippen LogP) is 7.76. The predicted molar refractivity (Wildman–Crippen MR) is 156 cm³/mol. The molecule has 3 aromatic rings. The Morgan fingerprint density at radius 3 is 2.08 bits per heavy atom. The minimum atomic E-state index is -0.468. The molecule has 0 unspecified atom stereocenters. The van der Waals surface area contributed by atoms with E-state index in [1.807, 2.05) is 0 Å². The number of para-hydroxylation sites is 1. The topological polar surface area (TPSA) is 92.3 Å². The Bertz CT molecular complexity index is 1290. The molecule has 0 saturated carbocycles. The third-order valence-corrected chi connectivity index (χ3v) is 6.60. The Kier molecular flexibility index (Phi) is 12.5. The van der Waals surface area contributed by atoms with Gasteiger partial charge in [0.05, 0.1) is 58.8 Å². The number of hydrogen-bond donors (Lipinski definition) is 1. The van der Waals surface area contributed by atoms with Crippen molar-refractivity contribution in [2.24, 2.45) is 0 Å². The third kappa shape index (κ3) is 9.08. The van der Waals surface area contributed by atoms with Crippen LogP contribution in [0.4, 0.5) is 11.4 Å². The minimum absolute atomic E-state index is 0.0735. The summed E-state index contributed by atoms with van der Waals surface area (Å²) >= 11 is 25.4. The van der Waals surface area contributed by atoms with Crippen molar-refractivity contribution in [1.82, 2.24) is 0 Å². The molecule has 40 heavy (non-hydrogen) atoms. The van der Waals surface area contributed by atoms with E-state index in [9.17, 15) is 9.59 Å². The van der Waals surface area contributed by atoms with Crippen LogP contribution in [0.2, 0.25) is 20.1 Å². The van der Waals surface area contributed by atoms with Crippen LogP contribution in [-0.2, 0) is 25.4 Å². The van der Waals surface area contributed by atoms with Crippen LogP contribution in [0.1, 0.15) is 28.8 Å². The number of carbonyl (C=O) groups is 2. The normalized spacial score (nSPS) is 10.7. The van der Waals surface area contributed by atoms with Gasteiger partial charge in [0.15, 0.2) is 18.3 Å². The standard InChI is InChI=1S/C28H27Cl4NO7/c1-36-25(34)9-8-17-12-20(29)27(21(30)13-17)40-16-38-10-5-11-39-26-22(31)14-18(15-23(26)32)33-24-7-4-3-6-19(24)28(35)37-2/h3-4,6-7,12-15,33H,5,8-11,16H2,1-2H3. The summed E-state index contributed by atoms with van der Waals surface area (Å²) in [5.41, 5.74) is 2.29. The lowest BCUT2D eigenvalue weighted by Crippen LogP contribution is -2.08. The van der Waals surface area contributed by atoms with E-state index in [4.69, 9.17) is 65.4 Å². The molecule has 3 rings (SSSR count). The Morgan fingerprint density at radius 1 is 0.800 bits per heavy atom. The van der Waals surface area contributed by atoms with Crippen LogP contribution in [-0.4, -0.2) is 46.2 Å². The zero-order chi connectivity index (χ0) is 29.1. The quantitative estimate of drug-likeness (QED) is 0.110. The molecule has 0 amide bonds. The number of ether oxygens (including phenoxy) is 5. The van der Waals surface area contributed by atoms with Gasteiger partial charge in [-0.15, -0.1) is 0 Å². The Morgan fingerprint density at radius 2 is 1.43 bits per heavy atom. The molecule has 0 bridgehead atoms. The lowest BCUT2D eigenvalue weighted by molar-refractivity contribution is -0.140. The smallest absolute Gasteiger partial charge is 0.339 e. The molecular weight excluding hydrogens is 604 g/mol. The molecule has 0 aromatic heterocycles. The number of halogens is 4. The highest BCUT2D eigenvalue weighted by Gasteiger charge is 2.15. The van der Waals surface area contributed by atoms with Crippen molar-refractivity contribution in [2.45, 2.75) is 19.3 Å². The van der Waals surface area contributed by atoms with Gasteiger partial charge in [0, 0.05) is 18.5 Å². The molecule has 3 aromatic carbocycles. The molecule has 0 saturated heterocycles. The lowest BCUT2D eigenvalue weighted by Gasteiger charge is -2.15. The molecule has 0 aliphatic carbocycles. The Labute approximate surface area is 252 Å². The van der Waals surface area contributed by atoms with Crippen LogP contribution in [0.15, 0.2) is 48.5 Å². The van der Waals surface area contributed by atoms with E-state index >= 15 is 0 Å². The first-order chi connectivity index (χ1) is 19.2. The number of aryl methyl sites for hydroxylation is 1. The van der Waals surface area contributed by atoms with Gasteiger partial charge >= 0.3 is 11.9 Å². The number of esters is 2. The highest BCUT2D eigenvalue weighted by atomic mass is 35.5. The van der Waals surface area contributed by atoms with E-state index in [1.165, 1.54) is 14.2 Å². The summed E-state index contributed by atoms with van der Waals surface area (Å²) in [7, 11) is 2.65. The molecule has 214 valence electrons. The van der Waals surface area contributed by atoms with E-state index in [0.29, 0.717) is 68.0 Å².